The van der Waals surface area contributed by atoms with E-state index in [2.05, 4.69) is 64.7 Å². The first kappa shape index (κ1) is 44.4. The van der Waals surface area contributed by atoms with Crippen LogP contribution in [0.5, 0.6) is 0 Å². The molecule has 0 aromatic rings. The van der Waals surface area contributed by atoms with E-state index >= 15 is 0 Å². The molecule has 0 saturated heterocycles. The normalized spacial score (nSPS) is 9.93. The standard InChI is InChI=1S/C20H43N5.5ClH/c1-3-21-13-5-7-15-23-17-9-11-19-25-20-12-10-18-24-16-8-6-14-22-4-2;;;;;/h5,7,9,11,21-25H,3-4,6,8,10,12-20H2,1-2H3;5*1H/b7-5-,11-9-;;;;;. The van der Waals surface area contributed by atoms with Crippen LogP contribution in [-0.2, 0) is 0 Å². The summed E-state index contributed by atoms with van der Waals surface area (Å²) in [4.78, 5) is 0. The molecule has 0 saturated carbocycles. The second kappa shape index (κ2) is 43.6. The summed E-state index contributed by atoms with van der Waals surface area (Å²) in [7, 11) is 0. The van der Waals surface area contributed by atoms with E-state index in [0.29, 0.717) is 0 Å². The molecule has 10 heteroatoms. The molecule has 0 aromatic carbocycles. The second-order valence-electron chi connectivity index (χ2n) is 6.71. The van der Waals surface area contributed by atoms with Crippen molar-refractivity contribution in [3.05, 3.63) is 24.3 Å². The van der Waals surface area contributed by atoms with Crippen LogP contribution in [0.4, 0.5) is 0 Å². The van der Waals surface area contributed by atoms with Crippen LogP contribution in [0, 0.1) is 0 Å². The van der Waals surface area contributed by atoms with Gasteiger partial charge >= 0.3 is 0 Å². The zero-order chi connectivity index (χ0) is 18.3. The molecule has 0 aliphatic heterocycles. The highest BCUT2D eigenvalue weighted by atomic mass is 35.5. The Morgan fingerprint density at radius 2 is 0.733 bits per heavy atom. The van der Waals surface area contributed by atoms with Crippen LogP contribution in [0.1, 0.15) is 39.5 Å². The van der Waals surface area contributed by atoms with Gasteiger partial charge in [-0.25, -0.2) is 0 Å². The highest BCUT2D eigenvalue weighted by Crippen LogP contribution is 1.80. The predicted molar refractivity (Wildman–Crippen MR) is 106 cm³/mol. The third-order valence-electron chi connectivity index (χ3n) is 4.25. The van der Waals surface area contributed by atoms with Gasteiger partial charge in [0.05, 0.1) is 65.4 Å². The Kier molecular flexibility index (Phi) is 64.5. The molecule has 0 heterocycles. The van der Waals surface area contributed by atoms with Crippen molar-refractivity contribution in [2.24, 2.45) is 0 Å². The van der Waals surface area contributed by atoms with Crippen molar-refractivity contribution < 1.29 is 88.6 Å². The smallest absolute Gasteiger partial charge is 0.0946 e. The van der Waals surface area contributed by atoms with Crippen molar-refractivity contribution in [3.8, 4) is 0 Å². The van der Waals surface area contributed by atoms with Crippen LogP contribution in [0.3, 0.4) is 0 Å². The first-order valence-corrected chi connectivity index (χ1v) is 10.8. The predicted octanol–water partition coefficient (Wildman–Crippen LogP) is -18.5. The summed E-state index contributed by atoms with van der Waals surface area (Å²) in [5.74, 6) is 0. The molecule has 0 radical (unpaired) electrons. The Balaban J connectivity index is -0.000000288. The average molecular weight is 536 g/mol. The SMILES string of the molecule is CC[NH2+]C/C=C\C[NH2+]C/C=C\C[NH2+]CCCC[NH2+]CCCC[NH2+]CC.[Cl-].[Cl-].[Cl-].[Cl-].[Cl-]. The maximum Gasteiger partial charge on any atom is 0.0946 e. The highest BCUT2D eigenvalue weighted by Gasteiger charge is 1.95. The Bertz CT molecular complexity index is 311. The van der Waals surface area contributed by atoms with E-state index in [9.17, 15) is 0 Å². The van der Waals surface area contributed by atoms with Crippen LogP contribution in [-0.4, -0.2) is 65.4 Å². The fourth-order valence-corrected chi connectivity index (χ4v) is 2.65. The third kappa shape index (κ3) is 42.8. The van der Waals surface area contributed by atoms with Gasteiger partial charge in [-0.1, -0.05) is 0 Å². The summed E-state index contributed by atoms with van der Waals surface area (Å²) in [5, 5.41) is 12.0. The first-order valence-electron chi connectivity index (χ1n) is 10.8. The van der Waals surface area contributed by atoms with Gasteiger partial charge in [-0.2, -0.15) is 0 Å². The Morgan fingerprint density at radius 1 is 0.400 bits per heavy atom. The van der Waals surface area contributed by atoms with Crippen LogP contribution >= 0.6 is 0 Å². The van der Waals surface area contributed by atoms with Crippen LogP contribution in [0.25, 0.3) is 0 Å². The number of unbranched alkanes of at least 4 members (excludes halogenated alkanes) is 2. The summed E-state index contributed by atoms with van der Waals surface area (Å²) in [6, 6.07) is 0. The molecule has 0 atom stereocenters. The molecule has 0 amide bonds. The van der Waals surface area contributed by atoms with E-state index in [1.165, 1.54) is 65.0 Å². The van der Waals surface area contributed by atoms with Gasteiger partial charge in [0.2, 0.25) is 0 Å². The molecule has 0 spiro atoms. The van der Waals surface area contributed by atoms with Crippen molar-refractivity contribution in [1.82, 2.24) is 0 Å². The van der Waals surface area contributed by atoms with E-state index < -0.39 is 0 Å². The largest absolute Gasteiger partial charge is 1.00 e. The summed E-state index contributed by atoms with van der Waals surface area (Å²) in [5.41, 5.74) is 0. The minimum atomic E-state index is 0. The summed E-state index contributed by atoms with van der Waals surface area (Å²) in [6.07, 6.45) is 14.6. The van der Waals surface area contributed by atoms with Gasteiger partial charge in [0.1, 0.15) is 0 Å². The van der Waals surface area contributed by atoms with Crippen molar-refractivity contribution >= 4 is 0 Å². The number of quaternary nitrogens is 5. The van der Waals surface area contributed by atoms with Crippen LogP contribution in [0.15, 0.2) is 24.3 Å². The Labute approximate surface area is 217 Å². The number of hydrogen-bond acceptors (Lipinski definition) is 0. The molecule has 188 valence electrons. The molecule has 0 rings (SSSR count). The quantitative estimate of drug-likeness (QED) is 0.0758. The van der Waals surface area contributed by atoms with Gasteiger partial charge in [0.15, 0.2) is 0 Å². The maximum absolute atomic E-state index is 2.50. The zero-order valence-corrected chi connectivity index (χ0v) is 22.8. The van der Waals surface area contributed by atoms with E-state index in [1.807, 2.05) is 0 Å². The van der Waals surface area contributed by atoms with E-state index in [4.69, 9.17) is 0 Å². The Morgan fingerprint density at radius 3 is 1.17 bits per heavy atom. The van der Waals surface area contributed by atoms with Crippen molar-refractivity contribution in [3.63, 3.8) is 0 Å². The minimum Gasteiger partial charge on any atom is -1.00 e. The average Bonchev–Trinajstić information content (AvgIpc) is 2.63. The van der Waals surface area contributed by atoms with Crippen molar-refractivity contribution in [1.29, 1.82) is 0 Å². The fourth-order valence-electron chi connectivity index (χ4n) is 2.65. The van der Waals surface area contributed by atoms with E-state index in [0.717, 1.165) is 26.2 Å². The molecule has 0 aliphatic carbocycles. The van der Waals surface area contributed by atoms with Crippen LogP contribution in [0.2, 0.25) is 0 Å². The summed E-state index contributed by atoms with van der Waals surface area (Å²) < 4.78 is 0. The molecule has 0 fully saturated rings. The van der Waals surface area contributed by atoms with Gasteiger partial charge in [0, 0.05) is 25.7 Å². The third-order valence-corrected chi connectivity index (χ3v) is 4.25. The summed E-state index contributed by atoms with van der Waals surface area (Å²) >= 11 is 0. The Hall–Kier alpha value is 0.730. The number of hydrogen-bond donors (Lipinski definition) is 5. The number of rotatable bonds is 20. The van der Waals surface area contributed by atoms with Crippen molar-refractivity contribution in [2.45, 2.75) is 39.5 Å². The molecule has 0 bridgehead atoms. The molecule has 0 aromatic heterocycles. The molecule has 10 N–H and O–H groups in total. The highest BCUT2D eigenvalue weighted by molar-refractivity contribution is 4.81. The van der Waals surface area contributed by atoms with Gasteiger partial charge in [0.25, 0.3) is 0 Å². The molecule has 30 heavy (non-hydrogen) atoms. The lowest BCUT2D eigenvalue weighted by atomic mass is 10.2. The molecule has 5 nitrogen and oxygen atoms in total. The molecular weight excluding hydrogens is 488 g/mol. The molecule has 0 aliphatic rings. The first-order chi connectivity index (χ1) is 12.4. The monoisotopic (exact) mass is 533 g/mol. The van der Waals surface area contributed by atoms with Gasteiger partial charge in [-0.05, 0) is 38.2 Å². The van der Waals surface area contributed by atoms with Gasteiger partial charge < -0.3 is 88.6 Å². The lowest BCUT2D eigenvalue weighted by molar-refractivity contribution is -0.666. The number of nitrogens with two attached hydrogens (primary N) is 5. The topological polar surface area (TPSA) is 83.0 Å². The molecular formula is C20H48Cl5N5. The van der Waals surface area contributed by atoms with E-state index in [1.54, 1.807) is 0 Å². The maximum atomic E-state index is 2.50. The lowest BCUT2D eigenvalue weighted by Gasteiger charge is -2.02. The second-order valence-corrected chi connectivity index (χ2v) is 6.71. The lowest BCUT2D eigenvalue weighted by Crippen LogP contribution is -3.00. The fraction of sp³-hybridized carbons (Fsp3) is 0.800. The zero-order valence-electron chi connectivity index (χ0n) is 19.0. The summed E-state index contributed by atoms with van der Waals surface area (Å²) in [6.45, 7) is 16.4. The van der Waals surface area contributed by atoms with Gasteiger partial charge in [-0.3, -0.25) is 0 Å². The minimum absolute atomic E-state index is 0. The number of halogens is 5. The number of likely N-dealkylation sites (N-methyl/N-ethyl adjacent to an activating group) is 1. The molecule has 0 unspecified atom stereocenters. The van der Waals surface area contributed by atoms with Gasteiger partial charge in [-0.15, -0.1) is 0 Å². The van der Waals surface area contributed by atoms with E-state index in [-0.39, 0.29) is 62.0 Å². The van der Waals surface area contributed by atoms with Crippen molar-refractivity contribution in [2.75, 3.05) is 65.4 Å². The van der Waals surface area contributed by atoms with Crippen LogP contribution < -0.4 is 88.6 Å².